The van der Waals surface area contributed by atoms with Crippen molar-refractivity contribution in [2.45, 2.75) is 43.8 Å². The molecule has 10 heteroatoms. The number of amides is 1. The van der Waals surface area contributed by atoms with Crippen molar-refractivity contribution in [3.8, 4) is 0 Å². The molecule has 1 aliphatic heterocycles. The van der Waals surface area contributed by atoms with Crippen LogP contribution >= 0.6 is 0 Å². The summed E-state index contributed by atoms with van der Waals surface area (Å²) in [6, 6.07) is 4.92. The number of fused-ring (bicyclic) bond motifs is 1. The van der Waals surface area contributed by atoms with Gasteiger partial charge in [0.25, 0.3) is 0 Å². The molecule has 2 aromatic rings. The Bertz CT molecular complexity index is 1020. The summed E-state index contributed by atoms with van der Waals surface area (Å²) >= 11 is 0. The van der Waals surface area contributed by atoms with Gasteiger partial charge in [-0.1, -0.05) is 0 Å². The molecule has 0 saturated carbocycles. The van der Waals surface area contributed by atoms with Crippen LogP contribution in [0.15, 0.2) is 23.1 Å². The normalized spacial score (nSPS) is 20.5. The molecule has 3 rings (SSSR count). The highest BCUT2D eigenvalue weighted by Crippen LogP contribution is 2.21. The molecule has 1 fully saturated rings. The summed E-state index contributed by atoms with van der Waals surface area (Å²) in [5.41, 5.74) is 1.44. The fraction of sp³-hybridized carbons (Fsp3) is 0.619. The molecule has 2 heterocycles. The van der Waals surface area contributed by atoms with Gasteiger partial charge in [-0.05, 0) is 32.0 Å². The zero-order valence-corrected chi connectivity index (χ0v) is 19.8. The largest absolute Gasteiger partial charge is 0.373 e. The maximum atomic E-state index is 12.4. The molecule has 1 saturated heterocycles. The van der Waals surface area contributed by atoms with Crippen LogP contribution in [0.1, 0.15) is 26.1 Å². The second kappa shape index (κ2) is 9.64. The minimum absolute atomic E-state index is 0.0164. The van der Waals surface area contributed by atoms with Crippen LogP contribution < -0.4 is 5.32 Å². The van der Waals surface area contributed by atoms with Gasteiger partial charge in [0, 0.05) is 60.2 Å². The molecule has 172 valence electrons. The Labute approximate surface area is 184 Å². The van der Waals surface area contributed by atoms with Crippen molar-refractivity contribution in [3.05, 3.63) is 24.0 Å². The third-order valence-corrected chi connectivity index (χ3v) is 7.36. The van der Waals surface area contributed by atoms with Crippen LogP contribution in [0.3, 0.4) is 0 Å². The number of ether oxygens (including phenoxy) is 1. The Morgan fingerprint density at radius 3 is 2.58 bits per heavy atom. The van der Waals surface area contributed by atoms with Gasteiger partial charge < -0.3 is 14.6 Å². The van der Waals surface area contributed by atoms with Gasteiger partial charge in [-0.2, -0.15) is 0 Å². The predicted molar refractivity (Wildman–Crippen MR) is 119 cm³/mol. The lowest BCUT2D eigenvalue weighted by Crippen LogP contribution is -2.47. The summed E-state index contributed by atoms with van der Waals surface area (Å²) in [4.78, 5) is 19.4. The summed E-state index contributed by atoms with van der Waals surface area (Å²) in [6.45, 7) is 7.30. The van der Waals surface area contributed by atoms with Crippen molar-refractivity contribution in [3.63, 3.8) is 0 Å². The van der Waals surface area contributed by atoms with Crippen LogP contribution in [0.5, 0.6) is 0 Å². The van der Waals surface area contributed by atoms with Gasteiger partial charge in [0.1, 0.15) is 5.82 Å². The zero-order chi connectivity index (χ0) is 22.8. The molecule has 0 spiro atoms. The van der Waals surface area contributed by atoms with Gasteiger partial charge in [-0.15, -0.1) is 0 Å². The molecule has 31 heavy (non-hydrogen) atoms. The first kappa shape index (κ1) is 23.6. The summed E-state index contributed by atoms with van der Waals surface area (Å²) in [5, 5.41) is 2.98. The standard InChI is InChI=1S/C21H33N5O4S/c1-15-13-26(14-16(2)30-15)11-10-22-21(27)9-8-20-23-18-12-17(31(28,29)24(3)4)6-7-19(18)25(20)5/h6-7,12,15-16H,8-11,13-14H2,1-5H3,(H,22,27). The number of morpholine rings is 1. The van der Waals surface area contributed by atoms with Crippen molar-refractivity contribution in [2.75, 3.05) is 40.3 Å². The number of benzene rings is 1. The Kier molecular flexibility index (Phi) is 7.35. The quantitative estimate of drug-likeness (QED) is 0.643. The van der Waals surface area contributed by atoms with Gasteiger partial charge in [0.15, 0.2) is 0 Å². The van der Waals surface area contributed by atoms with E-state index in [1.807, 2.05) is 11.6 Å². The third kappa shape index (κ3) is 5.62. The number of aromatic nitrogens is 2. The van der Waals surface area contributed by atoms with Crippen molar-refractivity contribution in [2.24, 2.45) is 7.05 Å². The minimum atomic E-state index is -3.52. The van der Waals surface area contributed by atoms with Gasteiger partial charge in [0.2, 0.25) is 15.9 Å². The number of hydrogen-bond acceptors (Lipinski definition) is 6. The van der Waals surface area contributed by atoms with E-state index in [4.69, 9.17) is 4.74 Å². The average molecular weight is 452 g/mol. The fourth-order valence-corrected chi connectivity index (χ4v) is 4.88. The highest BCUT2D eigenvalue weighted by molar-refractivity contribution is 7.89. The number of rotatable bonds is 8. The summed E-state index contributed by atoms with van der Waals surface area (Å²) in [6.07, 6.45) is 1.24. The lowest BCUT2D eigenvalue weighted by molar-refractivity contribution is -0.121. The highest BCUT2D eigenvalue weighted by Gasteiger charge is 2.22. The molecule has 9 nitrogen and oxygen atoms in total. The zero-order valence-electron chi connectivity index (χ0n) is 19.0. The van der Waals surface area contributed by atoms with E-state index in [0.717, 1.165) is 31.0 Å². The number of carbonyl (C=O) groups excluding carboxylic acids is 1. The first-order valence-electron chi connectivity index (χ1n) is 10.6. The number of nitrogens with one attached hydrogen (secondary N) is 1. The second-order valence-corrected chi connectivity index (χ2v) is 10.5. The molecule has 0 bridgehead atoms. The van der Waals surface area contributed by atoms with Crippen molar-refractivity contribution < 1.29 is 17.9 Å². The minimum Gasteiger partial charge on any atom is -0.373 e. The maximum Gasteiger partial charge on any atom is 0.242 e. The fourth-order valence-electron chi connectivity index (χ4n) is 3.96. The molecule has 0 aliphatic carbocycles. The van der Waals surface area contributed by atoms with Gasteiger partial charge in [-0.25, -0.2) is 17.7 Å². The first-order chi connectivity index (χ1) is 14.6. The number of aryl methyl sites for hydroxylation is 2. The maximum absolute atomic E-state index is 12.4. The molecule has 1 N–H and O–H groups in total. The van der Waals surface area contributed by atoms with Crippen LogP contribution in [-0.2, 0) is 33.0 Å². The van der Waals surface area contributed by atoms with Gasteiger partial charge in [-0.3, -0.25) is 9.69 Å². The number of carbonyl (C=O) groups is 1. The Balaban J connectivity index is 1.55. The second-order valence-electron chi connectivity index (χ2n) is 8.39. The third-order valence-electron chi connectivity index (χ3n) is 5.54. The van der Waals surface area contributed by atoms with E-state index in [1.54, 1.807) is 18.2 Å². The van der Waals surface area contributed by atoms with Crippen LogP contribution in [0.2, 0.25) is 0 Å². The van der Waals surface area contributed by atoms with Crippen LogP contribution in [-0.4, -0.2) is 85.6 Å². The van der Waals surface area contributed by atoms with Crippen LogP contribution in [0.4, 0.5) is 0 Å². The molecule has 2 atom stereocenters. The number of hydrogen-bond donors (Lipinski definition) is 1. The Morgan fingerprint density at radius 1 is 1.26 bits per heavy atom. The first-order valence-corrected chi connectivity index (χ1v) is 12.0. The molecule has 2 unspecified atom stereocenters. The molecule has 1 aromatic heterocycles. The average Bonchev–Trinajstić information content (AvgIpc) is 3.00. The molecule has 1 aromatic carbocycles. The van der Waals surface area contributed by atoms with E-state index in [9.17, 15) is 13.2 Å². The number of imidazole rings is 1. The van der Waals surface area contributed by atoms with E-state index in [0.29, 0.717) is 24.9 Å². The van der Waals surface area contributed by atoms with Crippen molar-refractivity contribution in [1.29, 1.82) is 0 Å². The lowest BCUT2D eigenvalue weighted by Gasteiger charge is -2.35. The Hall–Kier alpha value is -2.01. The van der Waals surface area contributed by atoms with Crippen molar-refractivity contribution >= 4 is 27.0 Å². The Morgan fingerprint density at radius 2 is 1.94 bits per heavy atom. The molecular formula is C21H33N5O4S. The van der Waals surface area contributed by atoms with Gasteiger partial charge in [0.05, 0.1) is 28.1 Å². The summed E-state index contributed by atoms with van der Waals surface area (Å²) in [7, 11) is 1.37. The molecule has 1 amide bonds. The SMILES string of the molecule is CC1CN(CCNC(=O)CCc2nc3cc(S(=O)(=O)N(C)C)ccc3n2C)CC(C)O1. The molecule has 0 radical (unpaired) electrons. The summed E-state index contributed by atoms with van der Waals surface area (Å²) in [5.74, 6) is 0.734. The highest BCUT2D eigenvalue weighted by atomic mass is 32.2. The van der Waals surface area contributed by atoms with E-state index in [-0.39, 0.29) is 23.0 Å². The number of nitrogens with zero attached hydrogens (tertiary/aromatic N) is 4. The molecule has 1 aliphatic rings. The molecular weight excluding hydrogens is 418 g/mol. The predicted octanol–water partition coefficient (Wildman–Crippen LogP) is 0.982. The van der Waals surface area contributed by atoms with Crippen molar-refractivity contribution in [1.82, 2.24) is 24.1 Å². The number of sulfonamides is 1. The summed E-state index contributed by atoms with van der Waals surface area (Å²) < 4.78 is 33.5. The topological polar surface area (TPSA) is 96.8 Å². The monoisotopic (exact) mass is 451 g/mol. The van der Waals surface area contributed by atoms with E-state index >= 15 is 0 Å². The van der Waals surface area contributed by atoms with Gasteiger partial charge >= 0.3 is 0 Å². The lowest BCUT2D eigenvalue weighted by atomic mass is 10.2. The smallest absolute Gasteiger partial charge is 0.242 e. The van der Waals surface area contributed by atoms with E-state index in [1.165, 1.54) is 18.4 Å². The van der Waals surface area contributed by atoms with E-state index < -0.39 is 10.0 Å². The van der Waals surface area contributed by atoms with Crippen LogP contribution in [0.25, 0.3) is 11.0 Å². The van der Waals surface area contributed by atoms with Crippen LogP contribution in [0, 0.1) is 0 Å². The van der Waals surface area contributed by atoms with E-state index in [2.05, 4.69) is 29.0 Å².